The number of rotatable bonds is 3. The van der Waals surface area contributed by atoms with Crippen LogP contribution in [0.5, 0.6) is 0 Å². The van der Waals surface area contributed by atoms with Gasteiger partial charge in [-0.2, -0.15) is 0 Å². The van der Waals surface area contributed by atoms with E-state index in [1.807, 2.05) is 0 Å². The zero-order valence-corrected chi connectivity index (χ0v) is 11.5. The number of carboxylic acids is 1. The monoisotopic (exact) mass is 288 g/mol. The molecule has 0 bridgehead atoms. The highest BCUT2D eigenvalue weighted by Crippen LogP contribution is 2.28. The summed E-state index contributed by atoms with van der Waals surface area (Å²) in [5, 5.41) is 9.23. The van der Waals surface area contributed by atoms with E-state index in [-0.39, 0.29) is 22.3 Å². The summed E-state index contributed by atoms with van der Waals surface area (Å²) in [5.41, 5.74) is 1.24. The molecule has 2 rings (SSSR count). The molecular weight excluding hydrogens is 275 g/mol. The minimum Gasteiger partial charge on any atom is -0.478 e. The van der Waals surface area contributed by atoms with Crippen molar-refractivity contribution < 1.29 is 23.8 Å². The summed E-state index contributed by atoms with van der Waals surface area (Å²) in [5.74, 6) is -2.46. The van der Waals surface area contributed by atoms with E-state index in [0.29, 0.717) is 0 Å². The lowest BCUT2D eigenvalue weighted by Crippen LogP contribution is -2.04. The molecule has 2 aromatic rings. The van der Waals surface area contributed by atoms with Crippen molar-refractivity contribution in [3.8, 4) is 11.1 Å². The molecule has 0 atom stereocenters. The molecule has 0 amide bonds. The fourth-order valence-electron chi connectivity index (χ4n) is 2.05. The predicted octanol–water partition coefficient (Wildman–Crippen LogP) is 3.29. The molecule has 5 heteroatoms. The van der Waals surface area contributed by atoms with Gasteiger partial charge in [-0.05, 0) is 30.7 Å². The molecule has 0 aromatic heterocycles. The third kappa shape index (κ3) is 2.91. The molecule has 21 heavy (non-hydrogen) atoms. The van der Waals surface area contributed by atoms with Gasteiger partial charge < -0.3 is 9.84 Å². The second kappa shape index (κ2) is 5.75. The quantitative estimate of drug-likeness (QED) is 0.880. The summed E-state index contributed by atoms with van der Waals surface area (Å²) in [7, 11) is 1.21. The average molecular weight is 288 g/mol. The lowest BCUT2D eigenvalue weighted by molar-refractivity contribution is 0.0599. The van der Waals surface area contributed by atoms with E-state index in [1.54, 1.807) is 19.1 Å². The predicted molar refractivity (Wildman–Crippen MR) is 74.9 cm³/mol. The van der Waals surface area contributed by atoms with Crippen molar-refractivity contribution in [1.29, 1.82) is 0 Å². The van der Waals surface area contributed by atoms with Crippen molar-refractivity contribution in [3.05, 3.63) is 58.9 Å². The molecule has 4 nitrogen and oxygen atoms in total. The fourth-order valence-corrected chi connectivity index (χ4v) is 2.05. The molecule has 2 aromatic carbocycles. The van der Waals surface area contributed by atoms with E-state index in [1.165, 1.54) is 25.3 Å². The second-order valence-corrected chi connectivity index (χ2v) is 4.54. The molecule has 1 N–H and O–H groups in total. The Balaban J connectivity index is 2.58. The Morgan fingerprint density at radius 3 is 2.33 bits per heavy atom. The van der Waals surface area contributed by atoms with Gasteiger partial charge in [0.1, 0.15) is 5.82 Å². The molecule has 0 aliphatic carbocycles. The zero-order valence-electron chi connectivity index (χ0n) is 11.5. The number of carboxylic acid groups (broad SMARTS) is 1. The second-order valence-electron chi connectivity index (χ2n) is 4.54. The van der Waals surface area contributed by atoms with Crippen molar-refractivity contribution in [2.45, 2.75) is 6.92 Å². The summed E-state index contributed by atoms with van der Waals surface area (Å²) >= 11 is 0. The molecule has 0 saturated heterocycles. The van der Waals surface area contributed by atoms with Crippen LogP contribution in [0.3, 0.4) is 0 Å². The van der Waals surface area contributed by atoms with E-state index in [9.17, 15) is 19.1 Å². The minimum absolute atomic E-state index is 0.0136. The smallest absolute Gasteiger partial charge is 0.337 e. The maximum Gasteiger partial charge on any atom is 0.337 e. The Hall–Kier alpha value is -2.69. The van der Waals surface area contributed by atoms with E-state index < -0.39 is 17.8 Å². The van der Waals surface area contributed by atoms with Gasteiger partial charge in [0.05, 0.1) is 18.2 Å². The van der Waals surface area contributed by atoms with Crippen LogP contribution in [-0.2, 0) is 4.74 Å². The Morgan fingerprint density at radius 1 is 1.10 bits per heavy atom. The van der Waals surface area contributed by atoms with Gasteiger partial charge in [-0.15, -0.1) is 0 Å². The van der Waals surface area contributed by atoms with Crippen molar-refractivity contribution in [2.75, 3.05) is 7.11 Å². The third-order valence-corrected chi connectivity index (χ3v) is 3.09. The highest BCUT2D eigenvalue weighted by Gasteiger charge is 2.16. The SMILES string of the molecule is COC(=O)c1ccc(-c2ccc(C)cc2C(=O)O)c(F)c1. The van der Waals surface area contributed by atoms with Crippen LogP contribution >= 0.6 is 0 Å². The number of halogens is 1. The standard InChI is InChI=1S/C16H13FO4/c1-9-3-5-11(13(7-9)15(18)19)12-6-4-10(8-14(12)17)16(20)21-2/h3-8H,1-2H3,(H,18,19). The first-order valence-electron chi connectivity index (χ1n) is 6.16. The summed E-state index contributed by atoms with van der Waals surface area (Å²) in [6, 6.07) is 8.54. The van der Waals surface area contributed by atoms with Crippen molar-refractivity contribution in [2.24, 2.45) is 0 Å². The van der Waals surface area contributed by atoms with Gasteiger partial charge >= 0.3 is 11.9 Å². The third-order valence-electron chi connectivity index (χ3n) is 3.09. The van der Waals surface area contributed by atoms with Crippen LogP contribution in [-0.4, -0.2) is 24.2 Å². The number of hydrogen-bond donors (Lipinski definition) is 1. The van der Waals surface area contributed by atoms with E-state index in [2.05, 4.69) is 4.74 Å². The number of carbonyl (C=O) groups excluding carboxylic acids is 1. The largest absolute Gasteiger partial charge is 0.478 e. The highest BCUT2D eigenvalue weighted by atomic mass is 19.1. The summed E-state index contributed by atoms with van der Waals surface area (Å²) in [6.07, 6.45) is 0. The van der Waals surface area contributed by atoms with E-state index in [4.69, 9.17) is 0 Å². The normalized spacial score (nSPS) is 10.2. The van der Waals surface area contributed by atoms with Crippen LogP contribution in [0.4, 0.5) is 4.39 Å². The van der Waals surface area contributed by atoms with Gasteiger partial charge in [0.15, 0.2) is 0 Å². The van der Waals surface area contributed by atoms with Crippen LogP contribution in [0.1, 0.15) is 26.3 Å². The molecule has 0 saturated carbocycles. The summed E-state index contributed by atoms with van der Waals surface area (Å²) in [4.78, 5) is 22.6. The molecule has 0 heterocycles. The molecule has 0 unspecified atom stereocenters. The minimum atomic E-state index is -1.13. The van der Waals surface area contributed by atoms with Crippen LogP contribution in [0.15, 0.2) is 36.4 Å². The van der Waals surface area contributed by atoms with Gasteiger partial charge in [0.2, 0.25) is 0 Å². The van der Waals surface area contributed by atoms with E-state index >= 15 is 0 Å². The van der Waals surface area contributed by atoms with E-state index in [0.717, 1.165) is 11.6 Å². The average Bonchev–Trinajstić information content (AvgIpc) is 2.46. The van der Waals surface area contributed by atoms with Crippen molar-refractivity contribution >= 4 is 11.9 Å². The first kappa shape index (κ1) is 14.7. The molecule has 0 fully saturated rings. The van der Waals surface area contributed by atoms with Gasteiger partial charge in [0.25, 0.3) is 0 Å². The fraction of sp³-hybridized carbons (Fsp3) is 0.125. The van der Waals surface area contributed by atoms with Gasteiger partial charge in [-0.3, -0.25) is 0 Å². The zero-order chi connectivity index (χ0) is 15.6. The molecular formula is C16H13FO4. The van der Waals surface area contributed by atoms with Gasteiger partial charge in [0, 0.05) is 5.56 Å². The number of aromatic carboxylic acids is 1. The summed E-state index contributed by atoms with van der Waals surface area (Å²) in [6.45, 7) is 1.76. The Labute approximate surface area is 120 Å². The number of aryl methyl sites for hydroxylation is 1. The number of esters is 1. The first-order valence-corrected chi connectivity index (χ1v) is 6.16. The van der Waals surface area contributed by atoms with Crippen LogP contribution < -0.4 is 0 Å². The Kier molecular flexibility index (Phi) is 4.03. The molecule has 0 aliphatic rings. The molecule has 0 spiro atoms. The molecule has 0 radical (unpaired) electrons. The van der Waals surface area contributed by atoms with Crippen LogP contribution in [0.2, 0.25) is 0 Å². The maximum atomic E-state index is 14.2. The van der Waals surface area contributed by atoms with Gasteiger partial charge in [-0.25, -0.2) is 14.0 Å². The molecule has 108 valence electrons. The molecule has 0 aliphatic heterocycles. The lowest BCUT2D eigenvalue weighted by atomic mass is 9.96. The first-order chi connectivity index (χ1) is 9.93. The van der Waals surface area contributed by atoms with Gasteiger partial charge in [-0.1, -0.05) is 23.8 Å². The Morgan fingerprint density at radius 2 is 1.76 bits per heavy atom. The van der Waals surface area contributed by atoms with Crippen molar-refractivity contribution in [1.82, 2.24) is 0 Å². The van der Waals surface area contributed by atoms with Crippen molar-refractivity contribution in [3.63, 3.8) is 0 Å². The lowest BCUT2D eigenvalue weighted by Gasteiger charge is -2.09. The Bertz CT molecular complexity index is 722. The van der Waals surface area contributed by atoms with Crippen LogP contribution in [0.25, 0.3) is 11.1 Å². The van der Waals surface area contributed by atoms with Crippen LogP contribution in [0, 0.1) is 12.7 Å². The number of hydrogen-bond acceptors (Lipinski definition) is 3. The summed E-state index contributed by atoms with van der Waals surface area (Å²) < 4.78 is 18.7. The maximum absolute atomic E-state index is 14.2. The number of carbonyl (C=O) groups is 2. The topological polar surface area (TPSA) is 63.6 Å². The number of benzene rings is 2. The number of methoxy groups -OCH3 is 1. The highest BCUT2D eigenvalue weighted by molar-refractivity contribution is 5.97. The number of ether oxygens (including phenoxy) is 1.